The Morgan fingerprint density at radius 1 is 1.45 bits per heavy atom. The summed E-state index contributed by atoms with van der Waals surface area (Å²) in [6.45, 7) is 2.37. The van der Waals surface area contributed by atoms with E-state index < -0.39 is 0 Å². The fourth-order valence-electron chi connectivity index (χ4n) is 1.60. The molecule has 11 heavy (non-hydrogen) atoms. The van der Waals surface area contributed by atoms with Gasteiger partial charge < -0.3 is 5.32 Å². The predicted molar refractivity (Wildman–Crippen MR) is 52.6 cm³/mol. The third-order valence-electron chi connectivity index (χ3n) is 2.17. The molecule has 1 N–H and O–H groups in total. The molecule has 0 aromatic rings. The van der Waals surface area contributed by atoms with Gasteiger partial charge in [-0.2, -0.15) is 0 Å². The van der Waals surface area contributed by atoms with E-state index in [1.807, 2.05) is 0 Å². The molecule has 0 aliphatic carbocycles. The highest BCUT2D eigenvalue weighted by Crippen LogP contribution is 2.09. The molecule has 1 aliphatic heterocycles. The summed E-state index contributed by atoms with van der Waals surface area (Å²) in [7, 11) is 4.82. The van der Waals surface area contributed by atoms with Crippen LogP contribution < -0.4 is 5.32 Å². The van der Waals surface area contributed by atoms with Crippen molar-refractivity contribution in [2.75, 3.05) is 20.1 Å². The zero-order valence-corrected chi connectivity index (χ0v) is 8.50. The second-order valence-electron chi connectivity index (χ2n) is 3.44. The maximum atomic E-state index is 3.56. The predicted octanol–water partition coefficient (Wildman–Crippen LogP) is 1.24. The first-order valence-corrected chi connectivity index (χ1v) is 5.00. The van der Waals surface area contributed by atoms with Crippen LogP contribution in [-0.4, -0.2) is 30.8 Å². The van der Waals surface area contributed by atoms with E-state index in [0.29, 0.717) is 0 Å². The molecule has 0 bridgehead atoms. The van der Waals surface area contributed by atoms with E-state index in [9.17, 15) is 0 Å². The SMILES string of the molecule is CN(P)CC1CCCCCN1. The molecule has 0 amide bonds. The van der Waals surface area contributed by atoms with Gasteiger partial charge in [-0.1, -0.05) is 22.2 Å². The fourth-order valence-corrected chi connectivity index (χ4v) is 1.86. The van der Waals surface area contributed by atoms with E-state index in [0.717, 1.165) is 12.6 Å². The lowest BCUT2D eigenvalue weighted by molar-refractivity contribution is 0.415. The Morgan fingerprint density at radius 3 is 3.00 bits per heavy atom. The van der Waals surface area contributed by atoms with Gasteiger partial charge in [0.2, 0.25) is 0 Å². The van der Waals surface area contributed by atoms with E-state index in [2.05, 4.69) is 26.4 Å². The Bertz CT molecular complexity index is 98.3. The van der Waals surface area contributed by atoms with E-state index in [1.165, 1.54) is 32.2 Å². The number of rotatable bonds is 2. The zero-order valence-electron chi connectivity index (χ0n) is 7.34. The van der Waals surface area contributed by atoms with Crippen LogP contribution in [0.2, 0.25) is 0 Å². The van der Waals surface area contributed by atoms with Crippen molar-refractivity contribution in [3.63, 3.8) is 0 Å². The van der Waals surface area contributed by atoms with Crippen molar-refractivity contribution in [3.8, 4) is 0 Å². The fraction of sp³-hybridized carbons (Fsp3) is 1.00. The molecule has 2 atom stereocenters. The highest BCUT2D eigenvalue weighted by molar-refractivity contribution is 7.13. The summed E-state index contributed by atoms with van der Waals surface area (Å²) in [4.78, 5) is 0. The van der Waals surface area contributed by atoms with Crippen LogP contribution in [0.3, 0.4) is 0 Å². The number of hydrogen-bond acceptors (Lipinski definition) is 2. The maximum Gasteiger partial charge on any atom is 0.0198 e. The molecule has 1 fully saturated rings. The third kappa shape index (κ3) is 4.05. The molecule has 1 aliphatic rings. The molecular formula is C8H19N2P. The number of hydrogen-bond donors (Lipinski definition) is 1. The molecular weight excluding hydrogens is 155 g/mol. The van der Waals surface area contributed by atoms with Gasteiger partial charge in [0.15, 0.2) is 0 Å². The summed E-state index contributed by atoms with van der Waals surface area (Å²) in [5.41, 5.74) is 0. The van der Waals surface area contributed by atoms with Gasteiger partial charge in [0.1, 0.15) is 0 Å². The lowest BCUT2D eigenvalue weighted by atomic mass is 10.1. The smallest absolute Gasteiger partial charge is 0.0198 e. The molecule has 0 spiro atoms. The monoisotopic (exact) mass is 174 g/mol. The number of likely N-dealkylation sites (N-methyl/N-ethyl adjacent to an activating group) is 1. The Morgan fingerprint density at radius 2 is 2.27 bits per heavy atom. The molecule has 66 valence electrons. The minimum Gasteiger partial charge on any atom is -0.313 e. The minimum absolute atomic E-state index is 0.722. The summed E-state index contributed by atoms with van der Waals surface area (Å²) >= 11 is 0. The molecule has 3 heteroatoms. The van der Waals surface area contributed by atoms with Gasteiger partial charge in [0.05, 0.1) is 0 Å². The van der Waals surface area contributed by atoms with Crippen LogP contribution in [-0.2, 0) is 0 Å². The number of nitrogens with one attached hydrogen (secondary N) is 1. The first-order chi connectivity index (χ1) is 5.29. The molecule has 0 aromatic carbocycles. The van der Waals surface area contributed by atoms with Crippen molar-refractivity contribution < 1.29 is 0 Å². The lowest BCUT2D eigenvalue weighted by Crippen LogP contribution is -2.35. The second-order valence-corrected chi connectivity index (χ2v) is 4.32. The van der Waals surface area contributed by atoms with Crippen molar-refractivity contribution >= 4 is 9.39 Å². The average molecular weight is 174 g/mol. The lowest BCUT2D eigenvalue weighted by Gasteiger charge is -2.19. The number of nitrogens with zero attached hydrogens (tertiary/aromatic N) is 1. The van der Waals surface area contributed by atoms with Crippen LogP contribution in [0.5, 0.6) is 0 Å². The van der Waals surface area contributed by atoms with Crippen LogP contribution in [0.4, 0.5) is 0 Å². The Hall–Kier alpha value is 0.350. The molecule has 1 heterocycles. The standard InChI is InChI=1S/C8H19N2P/c1-10(11)7-8-5-3-2-4-6-9-8/h8-9H,2-7,11H2,1H3. The van der Waals surface area contributed by atoms with Gasteiger partial charge >= 0.3 is 0 Å². The average Bonchev–Trinajstić information content (AvgIpc) is 2.14. The summed E-state index contributed by atoms with van der Waals surface area (Å²) in [6.07, 6.45) is 5.51. The Kier molecular flexibility index (Phi) is 4.36. The van der Waals surface area contributed by atoms with Gasteiger partial charge in [-0.25, -0.2) is 0 Å². The van der Waals surface area contributed by atoms with Gasteiger partial charge in [-0.15, -0.1) is 0 Å². The summed E-state index contributed by atoms with van der Waals surface area (Å²) in [6, 6.07) is 0.722. The van der Waals surface area contributed by atoms with Crippen LogP contribution in [0, 0.1) is 0 Å². The largest absolute Gasteiger partial charge is 0.313 e. The zero-order chi connectivity index (χ0) is 8.10. The van der Waals surface area contributed by atoms with Gasteiger partial charge in [0, 0.05) is 12.6 Å². The van der Waals surface area contributed by atoms with Crippen molar-refractivity contribution in [1.29, 1.82) is 0 Å². The molecule has 0 radical (unpaired) electrons. The summed E-state index contributed by atoms with van der Waals surface area (Å²) in [5.74, 6) is 0. The van der Waals surface area contributed by atoms with Crippen LogP contribution in [0.15, 0.2) is 0 Å². The van der Waals surface area contributed by atoms with Gasteiger partial charge in [-0.05, 0) is 26.4 Å². The molecule has 2 unspecified atom stereocenters. The van der Waals surface area contributed by atoms with E-state index in [4.69, 9.17) is 0 Å². The van der Waals surface area contributed by atoms with Crippen molar-refractivity contribution in [3.05, 3.63) is 0 Å². The molecule has 2 nitrogen and oxygen atoms in total. The molecule has 1 rings (SSSR count). The molecule has 0 saturated carbocycles. The summed E-state index contributed by atoms with van der Waals surface area (Å²) < 4.78 is 2.18. The Balaban J connectivity index is 2.20. The normalized spacial score (nSPS) is 27.0. The van der Waals surface area contributed by atoms with Crippen molar-refractivity contribution in [2.45, 2.75) is 31.7 Å². The first kappa shape index (κ1) is 9.44. The van der Waals surface area contributed by atoms with Crippen molar-refractivity contribution in [1.82, 2.24) is 9.99 Å². The topological polar surface area (TPSA) is 15.3 Å². The molecule has 1 saturated heterocycles. The quantitative estimate of drug-likeness (QED) is 0.634. The highest BCUT2D eigenvalue weighted by atomic mass is 31.0. The Labute approximate surface area is 72.0 Å². The van der Waals surface area contributed by atoms with Crippen LogP contribution in [0.25, 0.3) is 0 Å². The van der Waals surface area contributed by atoms with E-state index >= 15 is 0 Å². The minimum atomic E-state index is 0.722. The highest BCUT2D eigenvalue weighted by Gasteiger charge is 2.11. The van der Waals surface area contributed by atoms with E-state index in [-0.39, 0.29) is 0 Å². The summed E-state index contributed by atoms with van der Waals surface area (Å²) in [5, 5.41) is 3.56. The molecule has 0 aromatic heterocycles. The van der Waals surface area contributed by atoms with Crippen molar-refractivity contribution in [2.24, 2.45) is 0 Å². The van der Waals surface area contributed by atoms with Crippen LogP contribution in [0.1, 0.15) is 25.7 Å². The van der Waals surface area contributed by atoms with Crippen LogP contribution >= 0.6 is 9.39 Å². The first-order valence-electron chi connectivity index (χ1n) is 4.48. The maximum absolute atomic E-state index is 3.56. The second kappa shape index (κ2) is 5.08. The van der Waals surface area contributed by atoms with E-state index in [1.54, 1.807) is 0 Å². The van der Waals surface area contributed by atoms with Gasteiger partial charge in [0.25, 0.3) is 0 Å². The van der Waals surface area contributed by atoms with Gasteiger partial charge in [-0.3, -0.25) is 4.67 Å². The third-order valence-corrected chi connectivity index (χ3v) is 2.38.